The van der Waals surface area contributed by atoms with Crippen molar-refractivity contribution in [3.05, 3.63) is 59.5 Å². The molecule has 34 heavy (non-hydrogen) atoms. The molecule has 11 heteroatoms. The molecule has 1 aromatic carbocycles. The number of carbonyl (C=O) groups is 1. The Balaban J connectivity index is 1.70. The molecule has 1 amide bonds. The van der Waals surface area contributed by atoms with Crippen LogP contribution in [0.5, 0.6) is 5.75 Å². The first kappa shape index (κ1) is 22.1. The van der Waals surface area contributed by atoms with Gasteiger partial charge in [0, 0.05) is 36.0 Å². The number of hydrogen-bond acceptors (Lipinski definition) is 6. The average molecular weight is 485 g/mol. The van der Waals surface area contributed by atoms with Crippen LogP contribution in [0.2, 0.25) is 0 Å². The number of halogens is 3. The highest BCUT2D eigenvalue weighted by Crippen LogP contribution is 2.44. The van der Waals surface area contributed by atoms with Gasteiger partial charge in [0.2, 0.25) is 5.91 Å². The monoisotopic (exact) mass is 485 g/mol. The number of carbonyl (C=O) groups excluding carboxylic acids is 1. The van der Waals surface area contributed by atoms with Crippen LogP contribution in [0.15, 0.2) is 42.6 Å². The third-order valence-electron chi connectivity index (χ3n) is 5.27. The van der Waals surface area contributed by atoms with Gasteiger partial charge < -0.3 is 10.1 Å². The summed E-state index contributed by atoms with van der Waals surface area (Å²) in [6, 6.07) is 9.49. The molecule has 3 heterocycles. The lowest BCUT2D eigenvalue weighted by Gasteiger charge is -2.15. The van der Waals surface area contributed by atoms with E-state index in [1.54, 1.807) is 16.9 Å². The Morgan fingerprint density at radius 2 is 2.03 bits per heavy atom. The molecule has 3 aromatic heterocycles. The molecule has 1 aliphatic rings. The maximum atomic E-state index is 12.8. The summed E-state index contributed by atoms with van der Waals surface area (Å²) < 4.78 is 44.2. The number of rotatable bonds is 4. The van der Waals surface area contributed by atoms with E-state index in [1.165, 1.54) is 36.5 Å². The van der Waals surface area contributed by atoms with Crippen molar-refractivity contribution < 1.29 is 22.7 Å². The summed E-state index contributed by atoms with van der Waals surface area (Å²) in [6.45, 7) is 3.29. The SMILES string of the molecule is CC(=O)Nc1nc2c(s1)-c1c(c(-c3ccc(C)nc3)nn1-c1cccc(OC(F)(F)F)c1)CC2. The van der Waals surface area contributed by atoms with E-state index in [-0.39, 0.29) is 11.7 Å². The zero-order valence-electron chi connectivity index (χ0n) is 18.1. The average Bonchev–Trinajstić information content (AvgIpc) is 3.33. The number of nitrogens with zero attached hydrogens (tertiary/aromatic N) is 4. The number of alkyl halides is 3. The van der Waals surface area contributed by atoms with Crippen LogP contribution in [-0.2, 0) is 17.6 Å². The first-order chi connectivity index (χ1) is 16.2. The summed E-state index contributed by atoms with van der Waals surface area (Å²) in [7, 11) is 0. The van der Waals surface area contributed by atoms with E-state index in [9.17, 15) is 18.0 Å². The van der Waals surface area contributed by atoms with Gasteiger partial charge in [-0.1, -0.05) is 17.4 Å². The van der Waals surface area contributed by atoms with E-state index in [0.717, 1.165) is 33.1 Å². The minimum atomic E-state index is -4.81. The van der Waals surface area contributed by atoms with Gasteiger partial charge in [-0.15, -0.1) is 13.2 Å². The van der Waals surface area contributed by atoms with Crippen molar-refractivity contribution in [2.24, 2.45) is 0 Å². The quantitative estimate of drug-likeness (QED) is 0.423. The summed E-state index contributed by atoms with van der Waals surface area (Å²) in [4.78, 5) is 21.3. The molecular weight excluding hydrogens is 467 g/mol. The molecule has 0 fully saturated rings. The van der Waals surface area contributed by atoms with Crippen molar-refractivity contribution in [2.45, 2.75) is 33.1 Å². The van der Waals surface area contributed by atoms with Gasteiger partial charge in [0.1, 0.15) is 5.75 Å². The molecule has 0 spiro atoms. The van der Waals surface area contributed by atoms with Crippen LogP contribution in [0.1, 0.15) is 23.9 Å². The number of benzene rings is 1. The van der Waals surface area contributed by atoms with Crippen LogP contribution >= 0.6 is 11.3 Å². The van der Waals surface area contributed by atoms with Gasteiger partial charge in [-0.25, -0.2) is 9.67 Å². The molecular formula is C23H18F3N5O2S. The second-order valence-corrected chi connectivity index (χ2v) is 8.80. The number of pyridine rings is 1. The van der Waals surface area contributed by atoms with E-state index in [1.807, 2.05) is 19.1 Å². The minimum absolute atomic E-state index is 0.233. The molecule has 0 aliphatic heterocycles. The lowest BCUT2D eigenvalue weighted by molar-refractivity contribution is -0.274. The number of ether oxygens (including phenoxy) is 1. The molecule has 1 N–H and O–H groups in total. The number of amides is 1. The molecule has 4 aromatic rings. The van der Waals surface area contributed by atoms with Gasteiger partial charge in [0.25, 0.3) is 0 Å². The van der Waals surface area contributed by atoms with Crippen molar-refractivity contribution in [2.75, 3.05) is 5.32 Å². The molecule has 0 saturated carbocycles. The molecule has 0 bridgehead atoms. The number of anilines is 1. The van der Waals surface area contributed by atoms with Crippen LogP contribution < -0.4 is 10.1 Å². The molecule has 0 radical (unpaired) electrons. The van der Waals surface area contributed by atoms with Crippen molar-refractivity contribution in [1.29, 1.82) is 0 Å². The molecule has 0 unspecified atom stereocenters. The highest BCUT2D eigenvalue weighted by atomic mass is 32.1. The van der Waals surface area contributed by atoms with Crippen molar-refractivity contribution in [1.82, 2.24) is 19.7 Å². The number of fused-ring (bicyclic) bond motifs is 3. The highest BCUT2D eigenvalue weighted by Gasteiger charge is 2.32. The predicted octanol–water partition coefficient (Wildman–Crippen LogP) is 5.32. The van der Waals surface area contributed by atoms with Gasteiger partial charge >= 0.3 is 6.36 Å². The summed E-state index contributed by atoms with van der Waals surface area (Å²) in [5.74, 6) is -0.574. The van der Waals surface area contributed by atoms with Crippen LogP contribution in [0.4, 0.5) is 18.3 Å². The molecule has 0 atom stereocenters. The van der Waals surface area contributed by atoms with Gasteiger partial charge in [-0.3, -0.25) is 9.78 Å². The maximum absolute atomic E-state index is 12.8. The van der Waals surface area contributed by atoms with Crippen LogP contribution in [0, 0.1) is 6.92 Å². The maximum Gasteiger partial charge on any atom is 0.573 e. The zero-order valence-corrected chi connectivity index (χ0v) is 18.9. The second kappa shape index (κ2) is 8.24. The fourth-order valence-corrected chi connectivity index (χ4v) is 5.03. The molecule has 1 aliphatic carbocycles. The van der Waals surface area contributed by atoms with E-state index >= 15 is 0 Å². The van der Waals surface area contributed by atoms with Crippen LogP contribution in [-0.4, -0.2) is 32.0 Å². The fraction of sp³-hybridized carbons (Fsp3) is 0.217. The number of nitrogens with one attached hydrogen (secondary N) is 1. The summed E-state index contributed by atoms with van der Waals surface area (Å²) in [5.41, 5.74) is 5.25. The van der Waals surface area contributed by atoms with Crippen molar-refractivity contribution in [3.8, 4) is 33.3 Å². The fourth-order valence-electron chi connectivity index (χ4n) is 3.91. The van der Waals surface area contributed by atoms with Crippen LogP contribution in [0.25, 0.3) is 27.5 Å². The van der Waals surface area contributed by atoms with E-state index in [0.29, 0.717) is 29.4 Å². The highest BCUT2D eigenvalue weighted by molar-refractivity contribution is 7.19. The summed E-state index contributed by atoms with van der Waals surface area (Å²) in [6.07, 6.45) is -1.80. The van der Waals surface area contributed by atoms with Gasteiger partial charge in [-0.2, -0.15) is 5.10 Å². The Morgan fingerprint density at radius 3 is 2.74 bits per heavy atom. The van der Waals surface area contributed by atoms with Gasteiger partial charge in [-0.05, 0) is 44.0 Å². The Hall–Kier alpha value is -3.73. The lowest BCUT2D eigenvalue weighted by atomic mass is 9.95. The molecule has 0 saturated heterocycles. The molecule has 174 valence electrons. The zero-order chi connectivity index (χ0) is 24.0. The normalized spacial score (nSPS) is 12.7. The van der Waals surface area contributed by atoms with Gasteiger partial charge in [0.05, 0.1) is 27.6 Å². The largest absolute Gasteiger partial charge is 0.573 e. The number of aryl methyl sites for hydroxylation is 2. The van der Waals surface area contributed by atoms with Crippen molar-refractivity contribution in [3.63, 3.8) is 0 Å². The number of aromatic nitrogens is 4. The Bertz CT molecular complexity index is 1390. The minimum Gasteiger partial charge on any atom is -0.406 e. The number of hydrogen-bond donors (Lipinski definition) is 1. The lowest BCUT2D eigenvalue weighted by Crippen LogP contribution is -2.17. The topological polar surface area (TPSA) is 81.9 Å². The van der Waals surface area contributed by atoms with Crippen molar-refractivity contribution >= 4 is 22.4 Å². The van der Waals surface area contributed by atoms with E-state index in [4.69, 9.17) is 5.10 Å². The predicted molar refractivity (Wildman–Crippen MR) is 121 cm³/mol. The Labute approximate surface area is 196 Å². The first-order valence-electron chi connectivity index (χ1n) is 10.4. The summed E-state index contributed by atoms with van der Waals surface area (Å²) >= 11 is 1.31. The third-order valence-corrected chi connectivity index (χ3v) is 6.29. The Kier molecular flexibility index (Phi) is 5.35. The second-order valence-electron chi connectivity index (χ2n) is 7.80. The van der Waals surface area contributed by atoms with E-state index in [2.05, 4.69) is 20.0 Å². The van der Waals surface area contributed by atoms with Crippen LogP contribution in [0.3, 0.4) is 0 Å². The molecule has 7 nitrogen and oxygen atoms in total. The Morgan fingerprint density at radius 1 is 1.21 bits per heavy atom. The first-order valence-corrected chi connectivity index (χ1v) is 11.2. The van der Waals surface area contributed by atoms with E-state index < -0.39 is 6.36 Å². The standard InChI is InChI=1S/C23H18F3N5O2S/c1-12-6-7-14(11-27-12)19-17-8-9-18-21(34-22(29-18)28-13(2)32)20(17)31(30-19)15-4-3-5-16(10-15)33-23(24,25)26/h3-7,10-11H,8-9H2,1-2H3,(H,28,29,32). The smallest absolute Gasteiger partial charge is 0.406 e. The summed E-state index contributed by atoms with van der Waals surface area (Å²) in [5, 5.41) is 7.98. The third kappa shape index (κ3) is 4.26. The van der Waals surface area contributed by atoms with Gasteiger partial charge in [0.15, 0.2) is 5.13 Å². The number of thiazole rings is 1. The molecule has 5 rings (SSSR count).